The van der Waals surface area contributed by atoms with Crippen LogP contribution >= 0.6 is 11.3 Å². The first-order valence-corrected chi connectivity index (χ1v) is 10.5. The molecule has 3 rings (SSSR count). The first-order chi connectivity index (χ1) is 14.1. The monoisotopic (exact) mass is 409 g/mol. The second kappa shape index (κ2) is 10.2. The van der Waals surface area contributed by atoms with Gasteiger partial charge in [0, 0.05) is 24.0 Å². The summed E-state index contributed by atoms with van der Waals surface area (Å²) in [7, 11) is 3.08. The summed E-state index contributed by atoms with van der Waals surface area (Å²) in [6.45, 7) is 3.92. The predicted molar refractivity (Wildman–Crippen MR) is 118 cm³/mol. The number of methoxy groups -OCH3 is 2. The van der Waals surface area contributed by atoms with Gasteiger partial charge in [-0.2, -0.15) is 0 Å². The fraction of sp³-hybridized carbons (Fsp3) is 0.292. The Morgan fingerprint density at radius 2 is 1.59 bits per heavy atom. The van der Waals surface area contributed by atoms with Crippen LogP contribution in [0, 0.1) is 0 Å². The van der Waals surface area contributed by atoms with Crippen molar-refractivity contribution >= 4 is 17.3 Å². The molecule has 1 atom stereocenters. The molecule has 0 aliphatic carbocycles. The van der Waals surface area contributed by atoms with Crippen LogP contribution in [0.5, 0.6) is 5.75 Å². The SMILES string of the molecule is COC(=O)c1ccc(CN(Cc2ccc(OC)cc2)C(C)Cc2cccs2)cc1. The molecular weight excluding hydrogens is 382 g/mol. The van der Waals surface area contributed by atoms with Gasteiger partial charge < -0.3 is 9.47 Å². The third-order valence-electron chi connectivity index (χ3n) is 5.01. The number of ether oxygens (including phenoxy) is 2. The zero-order chi connectivity index (χ0) is 20.6. The Bertz CT molecular complexity index is 889. The molecule has 0 saturated carbocycles. The Balaban J connectivity index is 1.76. The van der Waals surface area contributed by atoms with Gasteiger partial charge in [-0.3, -0.25) is 4.90 Å². The lowest BCUT2D eigenvalue weighted by molar-refractivity contribution is 0.0600. The summed E-state index contributed by atoms with van der Waals surface area (Å²) in [4.78, 5) is 15.5. The Hall–Kier alpha value is -2.63. The van der Waals surface area contributed by atoms with E-state index in [1.54, 1.807) is 18.4 Å². The maximum absolute atomic E-state index is 11.7. The van der Waals surface area contributed by atoms with Crippen LogP contribution in [0.15, 0.2) is 66.0 Å². The molecule has 152 valence electrons. The minimum Gasteiger partial charge on any atom is -0.497 e. The summed E-state index contributed by atoms with van der Waals surface area (Å²) < 4.78 is 10.1. The highest BCUT2D eigenvalue weighted by Gasteiger charge is 2.17. The molecular formula is C24H27NO3S. The number of carbonyl (C=O) groups excluding carboxylic acids is 1. The quantitative estimate of drug-likeness (QED) is 0.457. The van der Waals surface area contributed by atoms with Crippen molar-refractivity contribution in [1.82, 2.24) is 4.90 Å². The summed E-state index contributed by atoms with van der Waals surface area (Å²) in [5.41, 5.74) is 2.99. The molecule has 2 aromatic carbocycles. The number of rotatable bonds is 9. The predicted octanol–water partition coefficient (Wildman–Crippen LogP) is 5.18. The highest BCUT2D eigenvalue weighted by molar-refractivity contribution is 7.09. The van der Waals surface area contributed by atoms with E-state index in [4.69, 9.17) is 9.47 Å². The Morgan fingerprint density at radius 3 is 2.10 bits per heavy atom. The molecule has 0 aliphatic rings. The van der Waals surface area contributed by atoms with Crippen molar-refractivity contribution in [2.75, 3.05) is 14.2 Å². The smallest absolute Gasteiger partial charge is 0.337 e. The van der Waals surface area contributed by atoms with Gasteiger partial charge in [0.2, 0.25) is 0 Å². The molecule has 0 N–H and O–H groups in total. The van der Waals surface area contributed by atoms with E-state index in [0.717, 1.165) is 25.3 Å². The first-order valence-electron chi connectivity index (χ1n) is 9.65. The Kier molecular flexibility index (Phi) is 7.44. The molecule has 1 unspecified atom stereocenters. The minimum atomic E-state index is -0.308. The molecule has 0 radical (unpaired) electrons. The molecule has 0 fully saturated rings. The number of benzene rings is 2. The van der Waals surface area contributed by atoms with E-state index in [1.807, 2.05) is 36.4 Å². The summed E-state index contributed by atoms with van der Waals surface area (Å²) in [5.74, 6) is 0.558. The van der Waals surface area contributed by atoms with Crippen LogP contribution in [-0.4, -0.2) is 31.1 Å². The molecule has 5 heteroatoms. The lowest BCUT2D eigenvalue weighted by Crippen LogP contribution is -2.33. The topological polar surface area (TPSA) is 38.8 Å². The summed E-state index contributed by atoms with van der Waals surface area (Å²) >= 11 is 1.80. The van der Waals surface area contributed by atoms with Gasteiger partial charge in [0.15, 0.2) is 0 Å². The van der Waals surface area contributed by atoms with Crippen LogP contribution in [0.25, 0.3) is 0 Å². The van der Waals surface area contributed by atoms with Crippen LogP contribution in [0.1, 0.15) is 33.3 Å². The molecule has 0 bridgehead atoms. The zero-order valence-electron chi connectivity index (χ0n) is 17.1. The van der Waals surface area contributed by atoms with Gasteiger partial charge in [-0.15, -0.1) is 11.3 Å². The van der Waals surface area contributed by atoms with Gasteiger partial charge in [-0.1, -0.05) is 30.3 Å². The maximum Gasteiger partial charge on any atom is 0.337 e. The number of carbonyl (C=O) groups is 1. The lowest BCUT2D eigenvalue weighted by atomic mass is 10.1. The number of hydrogen-bond donors (Lipinski definition) is 0. The number of nitrogens with zero attached hydrogens (tertiary/aromatic N) is 1. The third kappa shape index (κ3) is 5.92. The van der Waals surface area contributed by atoms with Crippen molar-refractivity contribution in [3.05, 3.63) is 87.6 Å². The van der Waals surface area contributed by atoms with Crippen molar-refractivity contribution in [2.24, 2.45) is 0 Å². The minimum absolute atomic E-state index is 0.308. The van der Waals surface area contributed by atoms with E-state index in [9.17, 15) is 4.79 Å². The van der Waals surface area contributed by atoms with Gasteiger partial charge in [0.05, 0.1) is 19.8 Å². The summed E-state index contributed by atoms with van der Waals surface area (Å²) in [6.07, 6.45) is 1.01. The fourth-order valence-corrected chi connectivity index (χ4v) is 4.11. The lowest BCUT2D eigenvalue weighted by Gasteiger charge is -2.29. The average molecular weight is 410 g/mol. The van der Waals surface area contributed by atoms with Gasteiger partial charge in [-0.05, 0) is 60.2 Å². The van der Waals surface area contributed by atoms with Crippen molar-refractivity contribution in [3.63, 3.8) is 0 Å². The fourth-order valence-electron chi connectivity index (χ4n) is 3.28. The number of hydrogen-bond acceptors (Lipinski definition) is 5. The van der Waals surface area contributed by atoms with E-state index >= 15 is 0 Å². The van der Waals surface area contributed by atoms with E-state index < -0.39 is 0 Å². The Labute approximate surface area is 176 Å². The van der Waals surface area contributed by atoms with E-state index in [2.05, 4.69) is 41.5 Å². The molecule has 3 aromatic rings. The standard InChI is InChI=1S/C24H27NO3S/c1-18(15-23-5-4-14-29-23)25(17-20-8-12-22(27-2)13-9-20)16-19-6-10-21(11-7-19)24(26)28-3/h4-14,18H,15-17H2,1-3H3. The van der Waals surface area contributed by atoms with Crippen LogP contribution < -0.4 is 4.74 Å². The van der Waals surface area contributed by atoms with Crippen molar-refractivity contribution in [3.8, 4) is 5.75 Å². The Morgan fingerprint density at radius 1 is 0.966 bits per heavy atom. The van der Waals surface area contributed by atoms with E-state index in [-0.39, 0.29) is 5.97 Å². The number of esters is 1. The first kappa shape index (κ1) is 21.1. The second-order valence-corrected chi connectivity index (χ2v) is 8.11. The van der Waals surface area contributed by atoms with Crippen LogP contribution in [0.4, 0.5) is 0 Å². The van der Waals surface area contributed by atoms with E-state index in [0.29, 0.717) is 11.6 Å². The largest absolute Gasteiger partial charge is 0.497 e. The van der Waals surface area contributed by atoms with Crippen molar-refractivity contribution in [1.29, 1.82) is 0 Å². The molecule has 4 nitrogen and oxygen atoms in total. The van der Waals surface area contributed by atoms with Crippen LogP contribution in [0.3, 0.4) is 0 Å². The highest BCUT2D eigenvalue weighted by Crippen LogP contribution is 2.20. The van der Waals surface area contributed by atoms with Crippen molar-refractivity contribution < 1.29 is 14.3 Å². The van der Waals surface area contributed by atoms with Gasteiger partial charge in [0.25, 0.3) is 0 Å². The van der Waals surface area contributed by atoms with E-state index in [1.165, 1.54) is 23.1 Å². The van der Waals surface area contributed by atoms with Crippen LogP contribution in [0.2, 0.25) is 0 Å². The summed E-state index contributed by atoms with van der Waals surface area (Å²) in [5, 5.41) is 2.13. The van der Waals surface area contributed by atoms with Crippen molar-refractivity contribution in [2.45, 2.75) is 32.5 Å². The normalized spacial score (nSPS) is 12.0. The highest BCUT2D eigenvalue weighted by atomic mass is 32.1. The number of thiophene rings is 1. The molecule has 0 amide bonds. The summed E-state index contributed by atoms with van der Waals surface area (Å²) in [6, 6.07) is 20.6. The maximum atomic E-state index is 11.7. The van der Waals surface area contributed by atoms with Crippen LogP contribution in [-0.2, 0) is 24.2 Å². The zero-order valence-corrected chi connectivity index (χ0v) is 17.9. The molecule has 0 aliphatic heterocycles. The third-order valence-corrected chi connectivity index (χ3v) is 5.90. The second-order valence-electron chi connectivity index (χ2n) is 7.07. The van der Waals surface area contributed by atoms with Gasteiger partial charge >= 0.3 is 5.97 Å². The molecule has 1 heterocycles. The molecule has 1 aromatic heterocycles. The molecule has 0 spiro atoms. The molecule has 0 saturated heterocycles. The molecule has 29 heavy (non-hydrogen) atoms. The average Bonchev–Trinajstić information content (AvgIpc) is 3.26. The van der Waals surface area contributed by atoms with Gasteiger partial charge in [-0.25, -0.2) is 4.79 Å². The van der Waals surface area contributed by atoms with Gasteiger partial charge in [0.1, 0.15) is 5.75 Å².